The molecule has 1 heterocycles. The van der Waals surface area contributed by atoms with Crippen LogP contribution in [0.5, 0.6) is 0 Å². The van der Waals surface area contributed by atoms with Crippen LogP contribution in [-0.4, -0.2) is 49.0 Å². The Labute approximate surface area is 117 Å². The van der Waals surface area contributed by atoms with E-state index in [0.29, 0.717) is 11.4 Å². The summed E-state index contributed by atoms with van der Waals surface area (Å²) in [7, 11) is -0.756. The van der Waals surface area contributed by atoms with Gasteiger partial charge in [-0.15, -0.1) is 0 Å². The minimum Gasteiger partial charge on any atom is -0.481 e. The van der Waals surface area contributed by atoms with Crippen molar-refractivity contribution in [3.8, 4) is 0 Å². The molecule has 114 valence electrons. The number of methoxy groups -OCH3 is 1. The lowest BCUT2D eigenvalue weighted by Gasteiger charge is -2.14. The number of carboxylic acids is 1. The quantitative estimate of drug-likeness (QED) is 0.722. The van der Waals surface area contributed by atoms with Gasteiger partial charge in [0.25, 0.3) is 0 Å². The van der Waals surface area contributed by atoms with E-state index in [1.54, 1.807) is 20.9 Å². The fraction of sp³-hybridized carbons (Fsp3) is 0.636. The summed E-state index contributed by atoms with van der Waals surface area (Å²) in [6.45, 7) is 3.14. The average Bonchev–Trinajstić information content (AvgIpc) is 2.58. The number of nitrogens with one attached hydrogen (secondary N) is 1. The maximum Gasteiger partial charge on any atom is 0.306 e. The fourth-order valence-electron chi connectivity index (χ4n) is 1.85. The van der Waals surface area contributed by atoms with Gasteiger partial charge in [-0.05, 0) is 13.8 Å². The number of aliphatic carboxylic acids is 1. The first-order valence-electron chi connectivity index (χ1n) is 5.93. The van der Waals surface area contributed by atoms with Crippen molar-refractivity contribution < 1.29 is 23.1 Å². The van der Waals surface area contributed by atoms with Crippen molar-refractivity contribution in [2.45, 2.75) is 31.3 Å². The first-order valence-corrected chi connectivity index (χ1v) is 7.41. The second-order valence-electron chi connectivity index (χ2n) is 4.43. The van der Waals surface area contributed by atoms with Crippen LogP contribution in [0.15, 0.2) is 4.90 Å². The topological polar surface area (TPSA) is 111 Å². The van der Waals surface area contributed by atoms with E-state index in [0.717, 1.165) is 0 Å². The molecule has 0 bridgehead atoms. The van der Waals surface area contributed by atoms with E-state index in [2.05, 4.69) is 9.82 Å². The Hall–Kier alpha value is -1.45. The van der Waals surface area contributed by atoms with Crippen LogP contribution in [0.4, 0.5) is 0 Å². The smallest absolute Gasteiger partial charge is 0.306 e. The summed E-state index contributed by atoms with van der Waals surface area (Å²) >= 11 is 0. The summed E-state index contributed by atoms with van der Waals surface area (Å²) in [5, 5.41) is 12.7. The summed E-state index contributed by atoms with van der Waals surface area (Å²) in [6.07, 6.45) is -0.996. The zero-order valence-corrected chi connectivity index (χ0v) is 12.7. The Bertz CT molecular complexity index is 593. The normalized spacial score (nSPS) is 13.4. The lowest BCUT2D eigenvalue weighted by molar-refractivity contribution is -0.139. The molecule has 0 radical (unpaired) electrons. The highest BCUT2D eigenvalue weighted by molar-refractivity contribution is 7.89. The van der Waals surface area contributed by atoms with Crippen LogP contribution in [0, 0.1) is 13.8 Å². The maximum atomic E-state index is 12.2. The molecule has 0 saturated carbocycles. The molecule has 0 amide bonds. The van der Waals surface area contributed by atoms with Crippen LogP contribution in [-0.2, 0) is 26.6 Å². The first kappa shape index (κ1) is 16.6. The molecule has 0 aliphatic heterocycles. The maximum absolute atomic E-state index is 12.2. The zero-order chi connectivity index (χ0) is 15.5. The van der Waals surface area contributed by atoms with Crippen molar-refractivity contribution >= 4 is 16.0 Å². The molecule has 0 aliphatic rings. The van der Waals surface area contributed by atoms with E-state index in [4.69, 9.17) is 9.84 Å². The number of aromatic nitrogens is 2. The van der Waals surface area contributed by atoms with Crippen molar-refractivity contribution in [1.29, 1.82) is 0 Å². The van der Waals surface area contributed by atoms with E-state index < -0.39 is 22.1 Å². The highest BCUT2D eigenvalue weighted by atomic mass is 32.2. The highest BCUT2D eigenvalue weighted by Gasteiger charge is 2.25. The Morgan fingerprint density at radius 3 is 2.50 bits per heavy atom. The minimum atomic E-state index is -3.75. The minimum absolute atomic E-state index is 0.112. The molecule has 1 aromatic heterocycles. The molecule has 1 atom stereocenters. The monoisotopic (exact) mass is 305 g/mol. The number of rotatable bonds is 7. The van der Waals surface area contributed by atoms with Gasteiger partial charge in [0, 0.05) is 20.7 Å². The number of hydrogen-bond acceptors (Lipinski definition) is 5. The van der Waals surface area contributed by atoms with Crippen LogP contribution in [0.2, 0.25) is 0 Å². The molecule has 0 saturated heterocycles. The lowest BCUT2D eigenvalue weighted by atomic mass is 10.2. The van der Waals surface area contributed by atoms with E-state index in [1.807, 2.05) is 0 Å². The fourth-order valence-corrected chi connectivity index (χ4v) is 3.35. The summed E-state index contributed by atoms with van der Waals surface area (Å²) in [5.41, 5.74) is 0.909. The van der Waals surface area contributed by atoms with Crippen LogP contribution in [0.3, 0.4) is 0 Å². The number of carbonyl (C=O) groups is 1. The number of sulfonamides is 1. The Kier molecular flexibility index (Phi) is 5.26. The Morgan fingerprint density at radius 1 is 1.50 bits per heavy atom. The van der Waals surface area contributed by atoms with Gasteiger partial charge in [0.2, 0.25) is 10.0 Å². The standard InChI is InChI=1S/C11H19N3O5S/c1-7-11(8(2)14(3)13-7)20(17,18)12-6-9(19-4)5-10(15)16/h9,12H,5-6H2,1-4H3,(H,15,16). The van der Waals surface area contributed by atoms with Gasteiger partial charge in [0.1, 0.15) is 4.90 Å². The van der Waals surface area contributed by atoms with E-state index in [-0.39, 0.29) is 17.9 Å². The SMILES string of the molecule is COC(CNS(=O)(=O)c1c(C)nn(C)c1C)CC(=O)O. The lowest BCUT2D eigenvalue weighted by Crippen LogP contribution is -2.34. The largest absolute Gasteiger partial charge is 0.481 e. The van der Waals surface area contributed by atoms with Crippen molar-refractivity contribution in [3.63, 3.8) is 0 Å². The van der Waals surface area contributed by atoms with Gasteiger partial charge in [-0.25, -0.2) is 13.1 Å². The molecular formula is C11H19N3O5S. The molecular weight excluding hydrogens is 286 g/mol. The Balaban J connectivity index is 2.87. The average molecular weight is 305 g/mol. The zero-order valence-electron chi connectivity index (χ0n) is 11.9. The van der Waals surface area contributed by atoms with E-state index in [1.165, 1.54) is 11.8 Å². The van der Waals surface area contributed by atoms with Gasteiger partial charge in [-0.3, -0.25) is 9.48 Å². The van der Waals surface area contributed by atoms with E-state index in [9.17, 15) is 13.2 Å². The van der Waals surface area contributed by atoms with Crippen molar-refractivity contribution in [2.24, 2.45) is 7.05 Å². The number of aryl methyl sites for hydroxylation is 2. The molecule has 2 N–H and O–H groups in total. The van der Waals surface area contributed by atoms with Crippen molar-refractivity contribution in [3.05, 3.63) is 11.4 Å². The molecule has 1 aromatic rings. The summed E-state index contributed by atoms with van der Waals surface area (Å²) < 4.78 is 33.2. The number of hydrogen-bond donors (Lipinski definition) is 2. The highest BCUT2D eigenvalue weighted by Crippen LogP contribution is 2.18. The number of carboxylic acid groups (broad SMARTS) is 1. The van der Waals surface area contributed by atoms with Gasteiger partial charge in [-0.2, -0.15) is 5.10 Å². The van der Waals surface area contributed by atoms with E-state index >= 15 is 0 Å². The number of ether oxygens (including phenoxy) is 1. The summed E-state index contributed by atoms with van der Waals surface area (Å²) in [6, 6.07) is 0. The summed E-state index contributed by atoms with van der Waals surface area (Å²) in [4.78, 5) is 10.7. The van der Waals surface area contributed by atoms with Gasteiger partial charge in [0.15, 0.2) is 0 Å². The van der Waals surface area contributed by atoms with Crippen LogP contribution in [0.1, 0.15) is 17.8 Å². The third kappa shape index (κ3) is 3.78. The molecule has 1 unspecified atom stereocenters. The van der Waals surface area contributed by atoms with Crippen molar-refractivity contribution in [2.75, 3.05) is 13.7 Å². The predicted octanol–water partition coefficient (Wildman–Crippen LogP) is -0.195. The van der Waals surface area contributed by atoms with Crippen LogP contribution < -0.4 is 4.72 Å². The molecule has 0 aliphatic carbocycles. The molecule has 20 heavy (non-hydrogen) atoms. The molecule has 0 aromatic carbocycles. The predicted molar refractivity (Wildman–Crippen MR) is 70.9 cm³/mol. The third-order valence-electron chi connectivity index (χ3n) is 2.95. The second-order valence-corrected chi connectivity index (χ2v) is 6.13. The molecule has 8 nitrogen and oxygen atoms in total. The molecule has 9 heteroatoms. The van der Waals surface area contributed by atoms with Crippen LogP contribution >= 0.6 is 0 Å². The third-order valence-corrected chi connectivity index (χ3v) is 4.62. The van der Waals surface area contributed by atoms with Gasteiger partial charge < -0.3 is 9.84 Å². The molecule has 0 fully saturated rings. The van der Waals surface area contributed by atoms with Crippen LogP contribution in [0.25, 0.3) is 0 Å². The second kappa shape index (κ2) is 6.33. The Morgan fingerprint density at radius 2 is 2.10 bits per heavy atom. The molecule has 1 rings (SSSR count). The van der Waals surface area contributed by atoms with Gasteiger partial charge in [-0.1, -0.05) is 0 Å². The van der Waals surface area contributed by atoms with Gasteiger partial charge >= 0.3 is 5.97 Å². The summed E-state index contributed by atoms with van der Waals surface area (Å²) in [5.74, 6) is -1.05. The van der Waals surface area contributed by atoms with Gasteiger partial charge in [0.05, 0.1) is 23.9 Å². The molecule has 0 spiro atoms. The first-order chi connectivity index (χ1) is 9.19. The number of nitrogens with zero attached hydrogens (tertiary/aromatic N) is 2. The van der Waals surface area contributed by atoms with Crippen molar-refractivity contribution in [1.82, 2.24) is 14.5 Å².